The molecule has 0 aliphatic carbocycles. The molecule has 0 aromatic heterocycles. The quantitative estimate of drug-likeness (QED) is 0.678. The summed E-state index contributed by atoms with van der Waals surface area (Å²) in [5.41, 5.74) is 3.98. The normalized spacial score (nSPS) is 15.7. The van der Waals surface area contributed by atoms with Crippen LogP contribution in [0.5, 0.6) is 0 Å². The van der Waals surface area contributed by atoms with Gasteiger partial charge in [-0.25, -0.2) is 13.6 Å². The van der Waals surface area contributed by atoms with Crippen molar-refractivity contribution in [2.75, 3.05) is 13.2 Å². The summed E-state index contributed by atoms with van der Waals surface area (Å²) in [6.45, 7) is -0.247. The smallest absolute Gasteiger partial charge is 0.333 e. The minimum atomic E-state index is -1.20. The van der Waals surface area contributed by atoms with Gasteiger partial charge in [0.05, 0.1) is 18.7 Å². The molecule has 0 saturated carbocycles. The fraction of sp³-hybridized carbons (Fsp3) is 0.167. The van der Waals surface area contributed by atoms with Gasteiger partial charge in [0.2, 0.25) is 0 Å². The van der Waals surface area contributed by atoms with Crippen LogP contribution in [0.2, 0.25) is 0 Å². The van der Waals surface area contributed by atoms with E-state index in [1.807, 2.05) is 6.08 Å². The van der Waals surface area contributed by atoms with Crippen molar-refractivity contribution in [3.8, 4) is 0 Å². The Labute approximate surface area is 173 Å². The third-order valence-corrected chi connectivity index (χ3v) is 4.71. The lowest BCUT2D eigenvalue weighted by Crippen LogP contribution is -2.09. The maximum atomic E-state index is 13.2. The van der Waals surface area contributed by atoms with Crippen molar-refractivity contribution in [3.05, 3.63) is 106 Å². The number of allylic oxidation sites excluding steroid dienone is 3. The maximum absolute atomic E-state index is 13.2. The number of hydrogen-bond donors (Lipinski definition) is 2. The van der Waals surface area contributed by atoms with Gasteiger partial charge in [-0.1, -0.05) is 30.3 Å². The molecular formula is C24H21F2NO3. The van der Waals surface area contributed by atoms with Crippen LogP contribution in [0.1, 0.15) is 11.1 Å². The fourth-order valence-electron chi connectivity index (χ4n) is 3.16. The highest BCUT2D eigenvalue weighted by atomic mass is 19.1. The van der Waals surface area contributed by atoms with E-state index in [0.29, 0.717) is 25.0 Å². The highest BCUT2D eigenvalue weighted by molar-refractivity contribution is 5.88. The zero-order valence-electron chi connectivity index (χ0n) is 16.2. The molecule has 0 bridgehead atoms. The molecular weight excluding hydrogens is 388 g/mol. The number of aliphatic hydroxyl groups excluding tert-OH is 1. The fourth-order valence-corrected chi connectivity index (χ4v) is 3.16. The number of carboxylic acid groups (broad SMARTS) is 1. The molecule has 0 atom stereocenters. The van der Waals surface area contributed by atoms with E-state index in [4.69, 9.17) is 0 Å². The van der Waals surface area contributed by atoms with E-state index >= 15 is 0 Å². The predicted molar refractivity (Wildman–Crippen MR) is 111 cm³/mol. The number of carbonyl (C=O) groups is 1. The summed E-state index contributed by atoms with van der Waals surface area (Å²) in [5.74, 6) is -1.86. The summed E-state index contributed by atoms with van der Waals surface area (Å²) in [5, 5.41) is 18.7. The molecule has 1 aliphatic heterocycles. The van der Waals surface area contributed by atoms with Gasteiger partial charge in [0, 0.05) is 6.21 Å². The average Bonchev–Trinajstić information content (AvgIpc) is 2.74. The van der Waals surface area contributed by atoms with Gasteiger partial charge in [-0.05, 0) is 71.0 Å². The van der Waals surface area contributed by atoms with Crippen molar-refractivity contribution in [2.45, 2.75) is 12.8 Å². The first-order valence-electron chi connectivity index (χ1n) is 9.40. The molecule has 0 unspecified atom stereocenters. The van der Waals surface area contributed by atoms with Crippen molar-refractivity contribution < 1.29 is 23.8 Å². The van der Waals surface area contributed by atoms with Gasteiger partial charge >= 0.3 is 5.97 Å². The monoisotopic (exact) mass is 409 g/mol. The van der Waals surface area contributed by atoms with E-state index in [-0.39, 0.29) is 17.2 Å². The zero-order chi connectivity index (χ0) is 21.5. The summed E-state index contributed by atoms with van der Waals surface area (Å²) >= 11 is 0. The Morgan fingerprint density at radius 1 is 1.00 bits per heavy atom. The highest BCUT2D eigenvalue weighted by Gasteiger charge is 2.13. The van der Waals surface area contributed by atoms with Crippen molar-refractivity contribution in [1.82, 2.24) is 0 Å². The minimum Gasteiger partial charge on any atom is -0.478 e. The lowest BCUT2D eigenvalue weighted by Gasteiger charge is -2.15. The molecule has 154 valence electrons. The van der Waals surface area contributed by atoms with E-state index in [2.05, 4.69) is 4.99 Å². The average molecular weight is 409 g/mol. The molecule has 2 N–H and O–H groups in total. The molecule has 3 rings (SSSR count). The molecule has 0 fully saturated rings. The van der Waals surface area contributed by atoms with E-state index in [1.54, 1.807) is 30.5 Å². The molecule has 0 spiro atoms. The van der Waals surface area contributed by atoms with Gasteiger partial charge in [0.15, 0.2) is 0 Å². The molecule has 30 heavy (non-hydrogen) atoms. The first-order valence-corrected chi connectivity index (χ1v) is 9.40. The number of halogens is 2. The second-order valence-corrected chi connectivity index (χ2v) is 6.98. The van der Waals surface area contributed by atoms with E-state index in [0.717, 1.165) is 22.3 Å². The predicted octanol–water partition coefficient (Wildman–Crippen LogP) is 4.06. The van der Waals surface area contributed by atoms with Gasteiger partial charge in [0.1, 0.15) is 11.6 Å². The SMILES string of the molecule is O=C(O)/C(=C/C(Cc1ccc(F)cc1)=C1/C=C(Cc2ccc(F)cc2)C=NC1)CO. The van der Waals surface area contributed by atoms with Crippen LogP contribution >= 0.6 is 0 Å². The lowest BCUT2D eigenvalue weighted by atomic mass is 9.94. The van der Waals surface area contributed by atoms with Gasteiger partial charge in [-0.2, -0.15) is 0 Å². The topological polar surface area (TPSA) is 69.9 Å². The van der Waals surface area contributed by atoms with Crippen LogP contribution in [0.25, 0.3) is 0 Å². The van der Waals surface area contributed by atoms with Crippen LogP contribution in [0.3, 0.4) is 0 Å². The summed E-state index contributed by atoms with van der Waals surface area (Å²) in [4.78, 5) is 15.8. The number of dihydropyridines is 1. The third-order valence-electron chi connectivity index (χ3n) is 4.71. The van der Waals surface area contributed by atoms with Gasteiger partial charge < -0.3 is 10.2 Å². The number of rotatable bonds is 7. The Hall–Kier alpha value is -3.38. The second kappa shape index (κ2) is 9.89. The van der Waals surface area contributed by atoms with Crippen LogP contribution in [0.4, 0.5) is 8.78 Å². The number of benzene rings is 2. The van der Waals surface area contributed by atoms with Crippen molar-refractivity contribution in [2.24, 2.45) is 4.99 Å². The first kappa shape index (κ1) is 21.3. The van der Waals surface area contributed by atoms with E-state index in [9.17, 15) is 23.8 Å². The van der Waals surface area contributed by atoms with E-state index < -0.39 is 12.6 Å². The molecule has 0 amide bonds. The number of aliphatic imine (C=N–C) groups is 1. The summed E-state index contributed by atoms with van der Waals surface area (Å²) < 4.78 is 26.4. The van der Waals surface area contributed by atoms with Crippen LogP contribution < -0.4 is 0 Å². The summed E-state index contributed by atoms with van der Waals surface area (Å²) in [6, 6.07) is 12.2. The Kier molecular flexibility index (Phi) is 7.03. The molecule has 2 aromatic rings. The zero-order valence-corrected chi connectivity index (χ0v) is 16.2. The minimum absolute atomic E-state index is 0.136. The van der Waals surface area contributed by atoms with Gasteiger partial charge in [-0.15, -0.1) is 0 Å². The third kappa shape index (κ3) is 5.81. The van der Waals surface area contributed by atoms with E-state index in [1.165, 1.54) is 30.3 Å². The first-order chi connectivity index (χ1) is 14.4. The number of carboxylic acids is 1. The van der Waals surface area contributed by atoms with Crippen molar-refractivity contribution in [1.29, 1.82) is 0 Å². The van der Waals surface area contributed by atoms with Crippen molar-refractivity contribution in [3.63, 3.8) is 0 Å². The standard InChI is InChI=1S/C24H21F2NO3/c25-22-5-1-16(2-6-22)9-18-11-20(14-27-13-18)19(12-21(15-28)24(29)30)10-17-3-7-23(26)8-4-17/h1-8,11-13,28H,9-10,14-15H2,(H,29,30)/b20-19-,21-12+. The molecule has 4 nitrogen and oxygen atoms in total. The summed E-state index contributed by atoms with van der Waals surface area (Å²) in [7, 11) is 0. The molecule has 2 aromatic carbocycles. The Morgan fingerprint density at radius 3 is 2.17 bits per heavy atom. The molecule has 6 heteroatoms. The second-order valence-electron chi connectivity index (χ2n) is 6.98. The number of aliphatic carboxylic acids is 1. The lowest BCUT2D eigenvalue weighted by molar-refractivity contribution is -0.133. The van der Waals surface area contributed by atoms with Crippen LogP contribution in [0.15, 0.2) is 88.0 Å². The van der Waals surface area contributed by atoms with Gasteiger partial charge in [0.25, 0.3) is 0 Å². The van der Waals surface area contributed by atoms with Gasteiger partial charge in [-0.3, -0.25) is 4.99 Å². The molecule has 0 radical (unpaired) electrons. The number of hydrogen-bond acceptors (Lipinski definition) is 3. The van der Waals surface area contributed by atoms with Crippen LogP contribution in [0, 0.1) is 11.6 Å². The number of aliphatic hydroxyl groups is 1. The number of nitrogens with zero attached hydrogens (tertiary/aromatic N) is 1. The van der Waals surface area contributed by atoms with Crippen molar-refractivity contribution >= 4 is 12.2 Å². The van der Waals surface area contributed by atoms with Crippen LogP contribution in [-0.4, -0.2) is 35.5 Å². The highest BCUT2D eigenvalue weighted by Crippen LogP contribution is 2.22. The Bertz CT molecular complexity index is 1030. The van der Waals surface area contributed by atoms with Crippen LogP contribution in [-0.2, 0) is 17.6 Å². The largest absolute Gasteiger partial charge is 0.478 e. The molecule has 1 heterocycles. The maximum Gasteiger partial charge on any atom is 0.333 e. The molecule has 0 saturated heterocycles. The summed E-state index contributed by atoms with van der Waals surface area (Å²) in [6.07, 6.45) is 6.04. The Balaban J connectivity index is 1.97. The molecule has 1 aliphatic rings. The Morgan fingerprint density at radius 2 is 1.60 bits per heavy atom.